The molecule has 2 aliphatic rings. The SMILES string of the molecule is Cc1ccc(-c2noc([C@@H]3CCCCN3C(=O)C3CCC3)n2)cc1. The molecule has 0 radical (unpaired) electrons. The molecule has 1 saturated carbocycles. The van der Waals surface area contributed by atoms with Crippen molar-refractivity contribution < 1.29 is 9.32 Å². The van der Waals surface area contributed by atoms with E-state index in [9.17, 15) is 4.79 Å². The Kier molecular flexibility index (Phi) is 4.08. The molecule has 1 amide bonds. The van der Waals surface area contributed by atoms with Crippen LogP contribution in [0.2, 0.25) is 0 Å². The molecule has 1 aromatic carbocycles. The predicted octanol–water partition coefficient (Wildman–Crippen LogP) is 3.90. The van der Waals surface area contributed by atoms with Crippen molar-refractivity contribution >= 4 is 5.91 Å². The maximum atomic E-state index is 12.7. The predicted molar refractivity (Wildman–Crippen MR) is 90.1 cm³/mol. The highest BCUT2D eigenvalue weighted by atomic mass is 16.5. The van der Waals surface area contributed by atoms with Crippen LogP contribution in [0.4, 0.5) is 0 Å². The molecule has 24 heavy (non-hydrogen) atoms. The van der Waals surface area contributed by atoms with Gasteiger partial charge in [0.2, 0.25) is 17.6 Å². The minimum atomic E-state index is -0.0569. The Hall–Kier alpha value is -2.17. The number of carbonyl (C=O) groups excluding carboxylic acids is 1. The lowest BCUT2D eigenvalue weighted by Crippen LogP contribution is -2.43. The third kappa shape index (κ3) is 2.83. The summed E-state index contributed by atoms with van der Waals surface area (Å²) < 4.78 is 5.55. The van der Waals surface area contributed by atoms with Gasteiger partial charge in [0, 0.05) is 18.0 Å². The lowest BCUT2D eigenvalue weighted by molar-refractivity contribution is -0.142. The van der Waals surface area contributed by atoms with Gasteiger partial charge >= 0.3 is 0 Å². The summed E-state index contributed by atoms with van der Waals surface area (Å²) in [5.74, 6) is 1.68. The van der Waals surface area contributed by atoms with Crippen LogP contribution in [0.25, 0.3) is 11.4 Å². The van der Waals surface area contributed by atoms with Gasteiger partial charge in [-0.3, -0.25) is 4.79 Å². The van der Waals surface area contributed by atoms with Crippen LogP contribution in [-0.4, -0.2) is 27.5 Å². The fraction of sp³-hybridized carbons (Fsp3) is 0.526. The summed E-state index contributed by atoms with van der Waals surface area (Å²) >= 11 is 0. The quantitative estimate of drug-likeness (QED) is 0.859. The molecule has 126 valence electrons. The molecule has 2 fully saturated rings. The molecule has 4 rings (SSSR count). The van der Waals surface area contributed by atoms with E-state index in [4.69, 9.17) is 4.52 Å². The zero-order valence-electron chi connectivity index (χ0n) is 14.1. The number of piperidine rings is 1. The summed E-state index contributed by atoms with van der Waals surface area (Å²) in [6.45, 7) is 2.86. The van der Waals surface area contributed by atoms with Crippen LogP contribution in [-0.2, 0) is 4.79 Å². The molecule has 0 bridgehead atoms. The van der Waals surface area contributed by atoms with Crippen LogP contribution in [0.15, 0.2) is 28.8 Å². The van der Waals surface area contributed by atoms with Gasteiger partial charge < -0.3 is 9.42 Å². The Morgan fingerprint density at radius 1 is 1.12 bits per heavy atom. The van der Waals surface area contributed by atoms with E-state index >= 15 is 0 Å². The molecule has 0 unspecified atom stereocenters. The monoisotopic (exact) mass is 325 g/mol. The molecular weight excluding hydrogens is 302 g/mol. The molecule has 5 heteroatoms. The van der Waals surface area contributed by atoms with E-state index in [0.29, 0.717) is 11.7 Å². The Morgan fingerprint density at radius 2 is 1.92 bits per heavy atom. The van der Waals surface area contributed by atoms with Crippen molar-refractivity contribution in [2.75, 3.05) is 6.54 Å². The number of nitrogens with zero attached hydrogens (tertiary/aromatic N) is 3. The number of benzene rings is 1. The second-order valence-electron chi connectivity index (χ2n) is 6.99. The third-order valence-corrected chi connectivity index (χ3v) is 5.28. The average molecular weight is 325 g/mol. The van der Waals surface area contributed by atoms with E-state index in [-0.39, 0.29) is 17.9 Å². The normalized spacial score (nSPS) is 21.5. The fourth-order valence-electron chi connectivity index (χ4n) is 3.53. The van der Waals surface area contributed by atoms with Crippen molar-refractivity contribution in [2.45, 2.75) is 51.5 Å². The smallest absolute Gasteiger partial charge is 0.249 e. The number of aromatic nitrogens is 2. The topological polar surface area (TPSA) is 59.2 Å². The van der Waals surface area contributed by atoms with Gasteiger partial charge in [0.25, 0.3) is 0 Å². The molecular formula is C19H23N3O2. The molecule has 5 nitrogen and oxygen atoms in total. The number of amides is 1. The molecule has 1 atom stereocenters. The first kappa shape index (κ1) is 15.4. The molecule has 0 spiro atoms. The molecule has 2 heterocycles. The van der Waals surface area contributed by atoms with E-state index in [2.05, 4.69) is 17.1 Å². The van der Waals surface area contributed by atoms with Gasteiger partial charge in [0.1, 0.15) is 6.04 Å². The second-order valence-corrected chi connectivity index (χ2v) is 6.99. The van der Waals surface area contributed by atoms with Crippen molar-refractivity contribution in [1.29, 1.82) is 0 Å². The van der Waals surface area contributed by atoms with Crippen molar-refractivity contribution in [1.82, 2.24) is 15.0 Å². The first-order chi connectivity index (χ1) is 11.7. The van der Waals surface area contributed by atoms with Gasteiger partial charge in [0.05, 0.1) is 0 Å². The number of hydrogen-bond donors (Lipinski definition) is 0. The van der Waals surface area contributed by atoms with E-state index in [1.807, 2.05) is 29.2 Å². The second kappa shape index (κ2) is 6.38. The zero-order valence-corrected chi connectivity index (χ0v) is 14.1. The van der Waals surface area contributed by atoms with E-state index in [1.54, 1.807) is 0 Å². The largest absolute Gasteiger partial charge is 0.337 e. The van der Waals surface area contributed by atoms with Crippen LogP contribution in [0.3, 0.4) is 0 Å². The summed E-state index contributed by atoms with van der Waals surface area (Å²) in [5.41, 5.74) is 2.15. The number of rotatable bonds is 3. The summed E-state index contributed by atoms with van der Waals surface area (Å²) in [6.07, 6.45) is 6.30. The lowest BCUT2D eigenvalue weighted by atomic mass is 9.83. The minimum absolute atomic E-state index is 0.0569. The Morgan fingerprint density at radius 3 is 2.62 bits per heavy atom. The third-order valence-electron chi connectivity index (χ3n) is 5.28. The first-order valence-electron chi connectivity index (χ1n) is 8.93. The maximum Gasteiger partial charge on any atom is 0.249 e. The highest BCUT2D eigenvalue weighted by molar-refractivity contribution is 5.80. The van der Waals surface area contributed by atoms with E-state index in [0.717, 1.165) is 44.2 Å². The van der Waals surface area contributed by atoms with Crippen LogP contribution < -0.4 is 0 Å². The fourth-order valence-corrected chi connectivity index (χ4v) is 3.53. The summed E-state index contributed by atoms with van der Waals surface area (Å²) in [6, 6.07) is 8.03. The van der Waals surface area contributed by atoms with Crippen LogP contribution >= 0.6 is 0 Å². The van der Waals surface area contributed by atoms with Crippen LogP contribution in [0.5, 0.6) is 0 Å². The highest BCUT2D eigenvalue weighted by Gasteiger charge is 2.37. The van der Waals surface area contributed by atoms with Gasteiger partial charge in [-0.2, -0.15) is 4.98 Å². The first-order valence-corrected chi connectivity index (χ1v) is 8.93. The molecule has 1 aliphatic carbocycles. The lowest BCUT2D eigenvalue weighted by Gasteiger charge is -2.38. The molecule has 0 N–H and O–H groups in total. The summed E-state index contributed by atoms with van der Waals surface area (Å²) in [7, 11) is 0. The average Bonchev–Trinajstić information content (AvgIpc) is 3.04. The standard InChI is InChI=1S/C19H23N3O2/c1-13-8-10-14(11-9-13)17-20-18(24-21-17)16-7-2-3-12-22(16)19(23)15-5-4-6-15/h8-11,15-16H,2-7,12H2,1H3/t16-/m0/s1. The summed E-state index contributed by atoms with van der Waals surface area (Å²) in [4.78, 5) is 19.3. The molecule has 2 aromatic rings. The zero-order chi connectivity index (χ0) is 16.5. The van der Waals surface area contributed by atoms with Crippen molar-refractivity contribution in [3.8, 4) is 11.4 Å². The summed E-state index contributed by atoms with van der Waals surface area (Å²) in [5, 5.41) is 4.14. The van der Waals surface area contributed by atoms with Crippen molar-refractivity contribution in [3.63, 3.8) is 0 Å². The molecule has 1 saturated heterocycles. The maximum absolute atomic E-state index is 12.7. The van der Waals surface area contributed by atoms with Gasteiger partial charge in [-0.05, 0) is 39.0 Å². The number of likely N-dealkylation sites (tertiary alicyclic amines) is 1. The number of aryl methyl sites for hydroxylation is 1. The highest BCUT2D eigenvalue weighted by Crippen LogP contribution is 2.36. The number of carbonyl (C=O) groups is 1. The van der Waals surface area contributed by atoms with Crippen LogP contribution in [0, 0.1) is 12.8 Å². The van der Waals surface area contributed by atoms with E-state index in [1.165, 1.54) is 12.0 Å². The van der Waals surface area contributed by atoms with Gasteiger partial charge in [-0.25, -0.2) is 0 Å². The number of hydrogen-bond acceptors (Lipinski definition) is 4. The van der Waals surface area contributed by atoms with Gasteiger partial charge in [-0.1, -0.05) is 41.4 Å². The minimum Gasteiger partial charge on any atom is -0.337 e. The van der Waals surface area contributed by atoms with Crippen LogP contribution in [0.1, 0.15) is 56.0 Å². The van der Waals surface area contributed by atoms with E-state index < -0.39 is 0 Å². The Labute approximate surface area is 142 Å². The molecule has 1 aliphatic heterocycles. The Bertz CT molecular complexity index is 718. The van der Waals surface area contributed by atoms with Gasteiger partial charge in [0.15, 0.2) is 0 Å². The van der Waals surface area contributed by atoms with Crippen molar-refractivity contribution in [2.24, 2.45) is 5.92 Å². The Balaban J connectivity index is 1.57. The van der Waals surface area contributed by atoms with Gasteiger partial charge in [-0.15, -0.1) is 0 Å². The van der Waals surface area contributed by atoms with Crippen molar-refractivity contribution in [3.05, 3.63) is 35.7 Å². The molecule has 1 aromatic heterocycles.